The molecule has 0 saturated heterocycles. The first kappa shape index (κ1) is 33.0. The summed E-state index contributed by atoms with van der Waals surface area (Å²) in [6, 6.07) is 12.3. The number of thiazole rings is 1. The molecule has 46 heavy (non-hydrogen) atoms. The van der Waals surface area contributed by atoms with Crippen molar-refractivity contribution in [1.29, 1.82) is 0 Å². The van der Waals surface area contributed by atoms with Gasteiger partial charge in [0.1, 0.15) is 22.2 Å². The highest BCUT2D eigenvalue weighted by atomic mass is 35.5. The predicted octanol–water partition coefficient (Wildman–Crippen LogP) is 6.08. The number of ether oxygens (including phenoxy) is 2. The lowest BCUT2D eigenvalue weighted by molar-refractivity contribution is -0.0263. The number of nitrogens with one attached hydrogen (secondary N) is 1. The van der Waals surface area contributed by atoms with E-state index in [1.165, 1.54) is 44.7 Å². The van der Waals surface area contributed by atoms with Crippen LogP contribution in [0.25, 0.3) is 0 Å². The maximum atomic E-state index is 15.5. The lowest BCUT2D eigenvalue weighted by atomic mass is 10.1. The van der Waals surface area contributed by atoms with Gasteiger partial charge in [-0.25, -0.2) is 30.9 Å². The third-order valence-corrected chi connectivity index (χ3v) is 10.1. The summed E-state index contributed by atoms with van der Waals surface area (Å²) in [7, 11) is -1.73. The third-order valence-electron chi connectivity index (χ3n) is 7.10. The Morgan fingerprint density at radius 1 is 1.04 bits per heavy atom. The molecule has 16 heteroatoms. The average Bonchev–Trinajstić information content (AvgIpc) is 3.64. The van der Waals surface area contributed by atoms with Crippen molar-refractivity contribution in [3.63, 3.8) is 0 Å². The number of fused-ring (bicyclic) bond motifs is 1. The highest BCUT2D eigenvalue weighted by molar-refractivity contribution is 7.93. The molecule has 1 N–H and O–H groups in total. The number of halogens is 4. The minimum absolute atomic E-state index is 0.0512. The Labute approximate surface area is 271 Å². The summed E-state index contributed by atoms with van der Waals surface area (Å²) in [6.07, 6.45) is 0.550. The normalized spacial score (nSPS) is 13.1. The zero-order chi connectivity index (χ0) is 33.2. The van der Waals surface area contributed by atoms with Crippen molar-refractivity contribution in [2.24, 2.45) is 0 Å². The Hall–Kier alpha value is -4.34. The summed E-state index contributed by atoms with van der Waals surface area (Å²) >= 11 is 7.32. The Bertz CT molecular complexity index is 1860. The van der Waals surface area contributed by atoms with E-state index in [1.807, 2.05) is 0 Å². The van der Waals surface area contributed by atoms with E-state index in [2.05, 4.69) is 10.3 Å². The fourth-order valence-electron chi connectivity index (χ4n) is 4.79. The molecule has 1 aliphatic heterocycles. The van der Waals surface area contributed by atoms with Crippen LogP contribution in [-0.4, -0.2) is 63.3 Å². The maximum Gasteiger partial charge on any atom is 0.269 e. The van der Waals surface area contributed by atoms with E-state index in [0.29, 0.717) is 22.0 Å². The molecular weight excluding hydrogens is 669 g/mol. The molecule has 2 amide bonds. The van der Waals surface area contributed by atoms with Crippen molar-refractivity contribution in [2.45, 2.75) is 23.8 Å². The van der Waals surface area contributed by atoms with Crippen LogP contribution in [0.1, 0.15) is 32.7 Å². The van der Waals surface area contributed by atoms with Crippen molar-refractivity contribution < 1.29 is 40.7 Å². The molecule has 4 aromatic rings. The lowest BCUT2D eigenvalue weighted by Gasteiger charge is -2.24. The highest BCUT2D eigenvalue weighted by Gasteiger charge is 2.42. The second-order valence-corrected chi connectivity index (χ2v) is 13.2. The van der Waals surface area contributed by atoms with E-state index in [-0.39, 0.29) is 33.5 Å². The van der Waals surface area contributed by atoms with Crippen molar-refractivity contribution in [2.75, 3.05) is 36.9 Å². The SMILES string of the molecule is COc1ccc(CN(c2nccs2)S(=O)(=O)c2cc(Cl)c(NCCC(F)(F)CN3C(=O)c4ccccc4C3=O)cc2F)c(OC)c1. The molecule has 242 valence electrons. The van der Waals surface area contributed by atoms with Crippen LogP contribution in [-0.2, 0) is 16.6 Å². The van der Waals surface area contributed by atoms with E-state index in [9.17, 15) is 26.8 Å². The zero-order valence-electron chi connectivity index (χ0n) is 24.3. The van der Waals surface area contributed by atoms with E-state index in [0.717, 1.165) is 27.8 Å². The predicted molar refractivity (Wildman–Crippen MR) is 166 cm³/mol. The van der Waals surface area contributed by atoms with Gasteiger partial charge in [0, 0.05) is 36.2 Å². The van der Waals surface area contributed by atoms with Crippen LogP contribution < -0.4 is 19.1 Å². The van der Waals surface area contributed by atoms with E-state index < -0.39 is 58.0 Å². The van der Waals surface area contributed by atoms with Gasteiger partial charge in [0.2, 0.25) is 0 Å². The minimum atomic E-state index is -4.61. The molecule has 5 rings (SSSR count). The molecule has 0 spiro atoms. The number of alkyl halides is 2. The van der Waals surface area contributed by atoms with Gasteiger partial charge in [0.25, 0.3) is 27.8 Å². The summed E-state index contributed by atoms with van der Waals surface area (Å²) in [5, 5.41) is 3.95. The van der Waals surface area contributed by atoms with Crippen LogP contribution in [0.15, 0.2) is 71.1 Å². The monoisotopic (exact) mass is 694 g/mol. The van der Waals surface area contributed by atoms with Gasteiger partial charge < -0.3 is 14.8 Å². The summed E-state index contributed by atoms with van der Waals surface area (Å²) in [4.78, 5) is 28.8. The number of carbonyl (C=O) groups excluding carboxylic acids is 2. The molecule has 0 aliphatic carbocycles. The first-order valence-corrected chi connectivity index (χ1v) is 16.2. The van der Waals surface area contributed by atoms with Crippen LogP contribution in [0.4, 0.5) is 24.0 Å². The van der Waals surface area contributed by atoms with Gasteiger partial charge in [-0.1, -0.05) is 23.7 Å². The van der Waals surface area contributed by atoms with Gasteiger partial charge in [-0.05, 0) is 36.4 Å². The van der Waals surface area contributed by atoms with Gasteiger partial charge in [-0.2, -0.15) is 0 Å². The maximum absolute atomic E-state index is 15.5. The quantitative estimate of drug-likeness (QED) is 0.167. The molecule has 1 aromatic heterocycles. The molecule has 0 fully saturated rings. The highest BCUT2D eigenvalue weighted by Crippen LogP contribution is 2.36. The van der Waals surface area contributed by atoms with Crippen LogP contribution in [0.2, 0.25) is 5.02 Å². The number of hydrogen-bond donors (Lipinski definition) is 1. The Morgan fingerprint density at radius 3 is 2.35 bits per heavy atom. The number of carbonyl (C=O) groups is 2. The number of rotatable bonds is 13. The summed E-state index contributed by atoms with van der Waals surface area (Å²) in [5.74, 6) is -5.50. The van der Waals surface area contributed by atoms with E-state index in [4.69, 9.17) is 21.1 Å². The zero-order valence-corrected chi connectivity index (χ0v) is 26.7. The smallest absolute Gasteiger partial charge is 0.269 e. The number of nitrogens with zero attached hydrogens (tertiary/aromatic N) is 3. The number of hydrogen-bond acceptors (Lipinski definition) is 9. The molecule has 1 aliphatic rings. The summed E-state index contributed by atoms with van der Waals surface area (Å²) in [6.45, 7) is -1.86. The molecule has 0 radical (unpaired) electrons. The van der Waals surface area contributed by atoms with Gasteiger partial charge in [0.05, 0.1) is 49.1 Å². The Balaban J connectivity index is 1.32. The molecule has 0 bridgehead atoms. The van der Waals surface area contributed by atoms with Crippen molar-refractivity contribution in [1.82, 2.24) is 9.88 Å². The van der Waals surface area contributed by atoms with Crippen molar-refractivity contribution in [3.05, 3.63) is 93.7 Å². The number of imide groups is 1. The van der Waals surface area contributed by atoms with Gasteiger partial charge in [-0.15, -0.1) is 11.3 Å². The van der Waals surface area contributed by atoms with Crippen LogP contribution in [0.5, 0.6) is 11.5 Å². The van der Waals surface area contributed by atoms with Crippen molar-refractivity contribution >= 4 is 55.6 Å². The number of methoxy groups -OCH3 is 2. The number of amides is 2. The molecule has 3 aromatic carbocycles. The number of aromatic nitrogens is 1. The number of anilines is 2. The second-order valence-electron chi connectivity index (χ2n) is 10.0. The molecule has 2 heterocycles. The summed E-state index contributed by atoms with van der Waals surface area (Å²) in [5.41, 5.74) is 0.409. The van der Waals surface area contributed by atoms with Crippen LogP contribution in [0.3, 0.4) is 0 Å². The first-order chi connectivity index (χ1) is 21.9. The van der Waals surface area contributed by atoms with Gasteiger partial charge in [-0.3, -0.25) is 14.5 Å². The second kappa shape index (κ2) is 13.2. The number of benzene rings is 3. The van der Waals surface area contributed by atoms with Crippen LogP contribution in [0, 0.1) is 5.82 Å². The molecular formula is C30H26ClF3N4O6S2. The molecule has 10 nitrogen and oxygen atoms in total. The van der Waals surface area contributed by atoms with E-state index >= 15 is 4.39 Å². The number of sulfonamides is 1. The third kappa shape index (κ3) is 6.62. The molecule has 0 unspecified atom stereocenters. The standard InChI is InChI=1S/C30H26ClF3N4O6S2/c1-43-19-8-7-18(25(13-19)44-2)16-38(29-36-11-12-45-29)46(41,42)26-14-22(31)24(15-23(26)32)35-10-9-30(33,34)17-37-27(39)20-5-3-4-6-21(20)28(37)40/h3-8,11-15,35H,9-10,16-17H2,1-2H3. The van der Waals surface area contributed by atoms with Gasteiger partial charge in [0.15, 0.2) is 5.13 Å². The lowest BCUT2D eigenvalue weighted by Crippen LogP contribution is -2.41. The van der Waals surface area contributed by atoms with Crippen molar-refractivity contribution in [3.8, 4) is 11.5 Å². The largest absolute Gasteiger partial charge is 0.497 e. The summed E-state index contributed by atoms with van der Waals surface area (Å²) < 4.78 is 84.3. The molecule has 0 saturated carbocycles. The average molecular weight is 695 g/mol. The minimum Gasteiger partial charge on any atom is -0.497 e. The van der Waals surface area contributed by atoms with Gasteiger partial charge >= 0.3 is 0 Å². The fourth-order valence-corrected chi connectivity index (χ4v) is 7.42. The fraction of sp³-hybridized carbons (Fsp3) is 0.233. The van der Waals surface area contributed by atoms with E-state index in [1.54, 1.807) is 23.6 Å². The topological polar surface area (TPSA) is 118 Å². The van der Waals surface area contributed by atoms with Crippen LogP contribution >= 0.6 is 22.9 Å². The Morgan fingerprint density at radius 2 is 1.74 bits per heavy atom. The molecule has 0 atom stereocenters. The first-order valence-electron chi connectivity index (χ1n) is 13.6. The Kier molecular flexibility index (Phi) is 9.47.